The van der Waals surface area contributed by atoms with Crippen LogP contribution in [0, 0.1) is 28.6 Å². The molecule has 0 N–H and O–H groups in total. The quantitative estimate of drug-likeness (QED) is 0.273. The topological polar surface area (TPSA) is 77.4 Å². The number of piperidine rings is 1. The van der Waals surface area contributed by atoms with E-state index in [1.807, 2.05) is 0 Å². The van der Waals surface area contributed by atoms with E-state index in [0.717, 1.165) is 70.3 Å². The number of rotatable bonds is 6. The Morgan fingerprint density at radius 2 is 1.73 bits per heavy atom. The molecule has 0 spiro atoms. The molecule has 1 heterocycles. The second-order valence-electron chi connectivity index (χ2n) is 12.8. The third-order valence-corrected chi connectivity index (χ3v) is 10.6. The van der Waals surface area contributed by atoms with E-state index in [-0.39, 0.29) is 35.0 Å². The second kappa shape index (κ2) is 10.7. The van der Waals surface area contributed by atoms with Crippen molar-refractivity contribution in [3.63, 3.8) is 0 Å². The summed E-state index contributed by atoms with van der Waals surface area (Å²) in [5.41, 5.74) is 2.47. The van der Waals surface area contributed by atoms with Gasteiger partial charge in [-0.2, -0.15) is 0 Å². The molecule has 0 aromatic rings. The van der Waals surface area contributed by atoms with Crippen LogP contribution in [0.5, 0.6) is 0 Å². The second-order valence-corrected chi connectivity index (χ2v) is 12.8. The molecule has 5 rings (SSSR count). The molecule has 0 unspecified atom stereocenters. The van der Waals surface area contributed by atoms with Gasteiger partial charge in [-0.25, -0.2) is 0 Å². The molecule has 206 valence electrons. The number of likely N-dealkylation sites (tertiary alicyclic amines) is 1. The van der Waals surface area contributed by atoms with Gasteiger partial charge in [0.1, 0.15) is 18.8 Å². The number of oxime groups is 1. The minimum atomic E-state index is -0.200. The Bertz CT molecular complexity index is 940. The van der Waals surface area contributed by atoms with Crippen molar-refractivity contribution in [2.45, 2.75) is 104 Å². The number of fused-ring (bicyclic) bond motifs is 5. The zero-order valence-corrected chi connectivity index (χ0v) is 23.3. The Hall–Kier alpha value is -1.89. The number of ether oxygens (including phenoxy) is 2. The van der Waals surface area contributed by atoms with Gasteiger partial charge in [0.25, 0.3) is 0 Å². The van der Waals surface area contributed by atoms with Gasteiger partial charge >= 0.3 is 11.9 Å². The molecule has 0 radical (unpaired) electrons. The van der Waals surface area contributed by atoms with Gasteiger partial charge in [-0.3, -0.25) is 14.5 Å². The first-order chi connectivity index (χ1) is 17.7. The fourth-order valence-electron chi connectivity index (χ4n) is 8.63. The van der Waals surface area contributed by atoms with Crippen LogP contribution in [0.1, 0.15) is 91.9 Å². The lowest BCUT2D eigenvalue weighted by molar-refractivity contribution is -0.155. The largest absolute Gasteiger partial charge is 0.462 e. The summed E-state index contributed by atoms with van der Waals surface area (Å²) in [7, 11) is 0. The molecule has 0 bridgehead atoms. The molecule has 3 saturated carbocycles. The lowest BCUT2D eigenvalue weighted by Gasteiger charge is -2.57. The summed E-state index contributed by atoms with van der Waals surface area (Å²) in [4.78, 5) is 32.1. The molecule has 0 aromatic carbocycles. The molecular weight excluding hydrogens is 468 g/mol. The monoisotopic (exact) mass is 514 g/mol. The highest BCUT2D eigenvalue weighted by atomic mass is 16.6. The molecule has 7 atom stereocenters. The number of hydrogen-bond acceptors (Lipinski definition) is 7. The summed E-state index contributed by atoms with van der Waals surface area (Å²) in [6.45, 7) is 11.6. The van der Waals surface area contributed by atoms with E-state index in [2.05, 4.69) is 24.8 Å². The number of hydrogen-bond donors (Lipinski definition) is 0. The van der Waals surface area contributed by atoms with Crippen LogP contribution in [-0.2, 0) is 23.9 Å². The van der Waals surface area contributed by atoms with Crippen LogP contribution >= 0.6 is 0 Å². The predicted octanol–water partition coefficient (Wildman–Crippen LogP) is 5.28. The van der Waals surface area contributed by atoms with Gasteiger partial charge in [0, 0.05) is 38.1 Å². The minimum absolute atomic E-state index is 0.0184. The first-order valence-electron chi connectivity index (χ1n) is 14.7. The van der Waals surface area contributed by atoms with E-state index in [9.17, 15) is 9.59 Å². The van der Waals surface area contributed by atoms with E-state index in [4.69, 9.17) is 19.5 Å². The fourth-order valence-corrected chi connectivity index (χ4v) is 8.63. The summed E-state index contributed by atoms with van der Waals surface area (Å²) in [6.07, 6.45) is 13.0. The van der Waals surface area contributed by atoms with E-state index in [1.165, 1.54) is 38.7 Å². The summed E-state index contributed by atoms with van der Waals surface area (Å²) in [6, 6.07) is 0. The van der Waals surface area contributed by atoms with Gasteiger partial charge in [-0.05, 0) is 87.8 Å². The maximum atomic E-state index is 11.9. The molecule has 5 aliphatic rings. The number of nitrogens with zero attached hydrogens (tertiary/aromatic N) is 2. The van der Waals surface area contributed by atoms with Crippen LogP contribution in [0.25, 0.3) is 0 Å². The average Bonchev–Trinajstić information content (AvgIpc) is 3.18. The van der Waals surface area contributed by atoms with Gasteiger partial charge in [0.2, 0.25) is 0 Å². The molecule has 7 heteroatoms. The van der Waals surface area contributed by atoms with Crippen LogP contribution in [0.4, 0.5) is 0 Å². The van der Waals surface area contributed by atoms with Crippen molar-refractivity contribution in [1.29, 1.82) is 0 Å². The van der Waals surface area contributed by atoms with Crippen molar-refractivity contribution in [3.05, 3.63) is 11.6 Å². The molecule has 7 nitrogen and oxygen atoms in total. The third kappa shape index (κ3) is 5.22. The van der Waals surface area contributed by atoms with Crippen molar-refractivity contribution >= 4 is 17.7 Å². The van der Waals surface area contributed by atoms with E-state index >= 15 is 0 Å². The average molecular weight is 515 g/mol. The molecule has 1 saturated heterocycles. The Kier molecular flexibility index (Phi) is 7.72. The van der Waals surface area contributed by atoms with Crippen molar-refractivity contribution < 1.29 is 23.9 Å². The highest BCUT2D eigenvalue weighted by Crippen LogP contribution is 2.64. The van der Waals surface area contributed by atoms with Crippen LogP contribution in [0.3, 0.4) is 0 Å². The normalized spacial score (nSPS) is 40.7. The van der Waals surface area contributed by atoms with Crippen LogP contribution in [0.2, 0.25) is 0 Å². The van der Waals surface area contributed by atoms with Gasteiger partial charge in [-0.15, -0.1) is 0 Å². The van der Waals surface area contributed by atoms with Crippen molar-refractivity contribution in [2.24, 2.45) is 33.7 Å². The highest BCUT2D eigenvalue weighted by Gasteiger charge is 2.61. The Morgan fingerprint density at radius 1 is 0.973 bits per heavy atom. The minimum Gasteiger partial charge on any atom is -0.462 e. The Labute approximate surface area is 222 Å². The van der Waals surface area contributed by atoms with Gasteiger partial charge in [0.15, 0.2) is 0 Å². The van der Waals surface area contributed by atoms with E-state index in [0.29, 0.717) is 24.4 Å². The summed E-state index contributed by atoms with van der Waals surface area (Å²) in [5, 5.41) is 4.84. The van der Waals surface area contributed by atoms with Gasteiger partial charge in [0.05, 0.1) is 5.71 Å². The lowest BCUT2D eigenvalue weighted by Crippen LogP contribution is -2.54. The zero-order valence-electron chi connectivity index (χ0n) is 23.3. The van der Waals surface area contributed by atoms with Gasteiger partial charge < -0.3 is 14.3 Å². The van der Waals surface area contributed by atoms with Crippen LogP contribution in [-0.4, -0.2) is 61.0 Å². The summed E-state index contributed by atoms with van der Waals surface area (Å²) < 4.78 is 11.5. The number of allylic oxidation sites excluding steroid dienone is 1. The number of carbonyl (C=O) groups excluding carboxylic acids is 2. The SMILES string of the molecule is CC(=O)O[C@H]1CC[C@@]2(C)C(=C/C(=N\OCCN3CCCCC3)[C@H]3[C@@H]4CC[C@H](OC(C)=O)[C@@]4(C)CC[C@@H]32)C1. The van der Waals surface area contributed by atoms with Gasteiger partial charge in [-0.1, -0.05) is 31.0 Å². The zero-order chi connectivity index (χ0) is 26.2. The van der Waals surface area contributed by atoms with Crippen molar-refractivity contribution in [2.75, 3.05) is 26.2 Å². The Morgan fingerprint density at radius 3 is 2.46 bits per heavy atom. The summed E-state index contributed by atoms with van der Waals surface area (Å²) in [5.74, 6) is 0.817. The third-order valence-electron chi connectivity index (χ3n) is 10.6. The van der Waals surface area contributed by atoms with Crippen LogP contribution < -0.4 is 0 Å². The Balaban J connectivity index is 1.41. The molecule has 0 aromatic heterocycles. The molecule has 1 aliphatic heterocycles. The number of carbonyl (C=O) groups is 2. The van der Waals surface area contributed by atoms with E-state index in [1.54, 1.807) is 0 Å². The van der Waals surface area contributed by atoms with Crippen LogP contribution in [0.15, 0.2) is 16.8 Å². The number of esters is 2. The maximum Gasteiger partial charge on any atom is 0.302 e. The first kappa shape index (κ1) is 26.7. The fraction of sp³-hybridized carbons (Fsp3) is 0.833. The molecule has 37 heavy (non-hydrogen) atoms. The standard InChI is InChI=1S/C30H46N2O5/c1-20(33)36-23-10-12-29(3)22(18-23)19-26(31-35-17-16-32-14-6-5-7-15-32)28-24-8-9-27(37-21(2)34)30(24,4)13-11-25(28)29/h19,23-25,27-28H,5-18H2,1-4H3/b31-26+/t23-,24-,25-,27-,28-,29-,30-/m0/s1. The predicted molar refractivity (Wildman–Crippen MR) is 142 cm³/mol. The highest BCUT2D eigenvalue weighted by molar-refractivity contribution is 5.99. The first-order valence-corrected chi connectivity index (χ1v) is 14.7. The summed E-state index contributed by atoms with van der Waals surface area (Å²) >= 11 is 0. The maximum absolute atomic E-state index is 11.9. The molecule has 0 amide bonds. The molecule has 4 fully saturated rings. The lowest BCUT2D eigenvalue weighted by atomic mass is 9.47. The van der Waals surface area contributed by atoms with E-state index < -0.39 is 0 Å². The molecule has 4 aliphatic carbocycles. The smallest absolute Gasteiger partial charge is 0.302 e. The van der Waals surface area contributed by atoms with Crippen molar-refractivity contribution in [1.82, 2.24) is 4.90 Å². The molecular formula is C30H46N2O5. The van der Waals surface area contributed by atoms with Crippen molar-refractivity contribution in [3.8, 4) is 0 Å².